The molecule has 3 heterocycles. The summed E-state index contributed by atoms with van der Waals surface area (Å²) >= 11 is 2.80. The molecule has 0 fully saturated rings. The van der Waals surface area contributed by atoms with Gasteiger partial charge in [-0.05, 0) is 54.1 Å². The lowest BCUT2D eigenvalue weighted by Crippen LogP contribution is -2.43. The summed E-state index contributed by atoms with van der Waals surface area (Å²) in [5.41, 5.74) is 3.32. The fourth-order valence-electron chi connectivity index (χ4n) is 4.36. The van der Waals surface area contributed by atoms with E-state index < -0.39 is 11.3 Å². The second-order valence-electron chi connectivity index (χ2n) is 9.17. The molecule has 5 rings (SSSR count). The van der Waals surface area contributed by atoms with Gasteiger partial charge < -0.3 is 10.6 Å². The molecule has 3 amide bonds. The van der Waals surface area contributed by atoms with Crippen molar-refractivity contribution in [3.63, 3.8) is 0 Å². The Kier molecular flexibility index (Phi) is 8.23. The Morgan fingerprint density at radius 1 is 1.08 bits per heavy atom. The molecule has 2 aliphatic rings. The SMILES string of the molecule is CCc1ccc(NC(=O)[C@H](CC)SC2=Nc3ccccc3C3=N[C@H](CC(=O)NCc4cccs4)C(=O)N23)cc1. The maximum atomic E-state index is 13.6. The third-order valence-corrected chi connectivity index (χ3v) is 8.70. The number of amidine groups is 2. The van der Waals surface area contributed by atoms with Gasteiger partial charge in [-0.3, -0.25) is 19.4 Å². The highest BCUT2D eigenvalue weighted by molar-refractivity contribution is 8.15. The average molecular weight is 560 g/mol. The number of carbonyl (C=O) groups is 3. The summed E-state index contributed by atoms with van der Waals surface area (Å²) in [5.74, 6) is -0.259. The standard InChI is InChI=1S/C29H29N5O3S2/c1-3-18-11-13-19(14-12-18)31-27(36)24(4-2)39-29-33-22-10-6-5-9-21(22)26-32-23(28(37)34(26)29)16-25(35)30-17-20-8-7-15-38-20/h5-15,23-24H,3-4,16-17H2,1-2H3,(H,30,35)(H,31,36)/t23-,24+/m1/s1. The predicted molar refractivity (Wildman–Crippen MR) is 158 cm³/mol. The molecule has 0 aliphatic carbocycles. The van der Waals surface area contributed by atoms with Crippen LogP contribution in [0.15, 0.2) is 76.0 Å². The fourth-order valence-corrected chi connectivity index (χ4v) is 6.02. The zero-order valence-electron chi connectivity index (χ0n) is 21.7. The summed E-state index contributed by atoms with van der Waals surface area (Å²) in [4.78, 5) is 51.3. The molecule has 3 aromatic rings. The molecule has 2 aromatic carbocycles. The van der Waals surface area contributed by atoms with Gasteiger partial charge in [0.15, 0.2) is 5.17 Å². The molecule has 2 aliphatic heterocycles. The van der Waals surface area contributed by atoms with Crippen molar-refractivity contribution in [1.29, 1.82) is 0 Å². The summed E-state index contributed by atoms with van der Waals surface area (Å²) in [7, 11) is 0. The number of hydrogen-bond donors (Lipinski definition) is 2. The lowest BCUT2D eigenvalue weighted by atomic mass is 10.1. The van der Waals surface area contributed by atoms with Crippen molar-refractivity contribution in [2.75, 3.05) is 5.32 Å². The van der Waals surface area contributed by atoms with Crippen molar-refractivity contribution in [2.45, 2.75) is 50.9 Å². The van der Waals surface area contributed by atoms with Crippen LogP contribution in [-0.2, 0) is 27.3 Å². The summed E-state index contributed by atoms with van der Waals surface area (Å²) in [6.07, 6.45) is 1.40. The topological polar surface area (TPSA) is 103 Å². The number of aryl methyl sites for hydroxylation is 1. The minimum Gasteiger partial charge on any atom is -0.351 e. The molecule has 8 nitrogen and oxygen atoms in total. The van der Waals surface area contributed by atoms with E-state index in [2.05, 4.69) is 22.5 Å². The van der Waals surface area contributed by atoms with Crippen LogP contribution in [0.3, 0.4) is 0 Å². The zero-order chi connectivity index (χ0) is 27.4. The number of amides is 3. The first-order chi connectivity index (χ1) is 19.0. The van der Waals surface area contributed by atoms with Gasteiger partial charge in [-0.2, -0.15) is 0 Å². The van der Waals surface area contributed by atoms with Gasteiger partial charge >= 0.3 is 0 Å². The number of para-hydroxylation sites is 1. The van der Waals surface area contributed by atoms with E-state index in [1.54, 1.807) is 11.3 Å². The van der Waals surface area contributed by atoms with Crippen LogP contribution in [0.25, 0.3) is 0 Å². The largest absolute Gasteiger partial charge is 0.351 e. The highest BCUT2D eigenvalue weighted by Gasteiger charge is 2.43. The van der Waals surface area contributed by atoms with E-state index in [-0.39, 0.29) is 24.1 Å². The smallest absolute Gasteiger partial charge is 0.259 e. The van der Waals surface area contributed by atoms with Crippen LogP contribution in [0.5, 0.6) is 0 Å². The first-order valence-corrected chi connectivity index (χ1v) is 14.7. The van der Waals surface area contributed by atoms with Gasteiger partial charge in [0.05, 0.1) is 23.9 Å². The van der Waals surface area contributed by atoms with Crippen LogP contribution < -0.4 is 10.6 Å². The number of aliphatic imine (C=N–C) groups is 2. The van der Waals surface area contributed by atoms with Crippen molar-refractivity contribution in [3.8, 4) is 0 Å². The van der Waals surface area contributed by atoms with Crippen molar-refractivity contribution < 1.29 is 14.4 Å². The van der Waals surface area contributed by atoms with E-state index in [4.69, 9.17) is 4.99 Å². The number of anilines is 1. The van der Waals surface area contributed by atoms with Crippen molar-refractivity contribution in [2.24, 2.45) is 9.98 Å². The number of fused-ring (bicyclic) bond motifs is 3. The normalized spacial score (nSPS) is 16.6. The van der Waals surface area contributed by atoms with E-state index in [9.17, 15) is 14.4 Å². The Labute approximate surface area is 235 Å². The Morgan fingerprint density at radius 2 is 1.87 bits per heavy atom. The van der Waals surface area contributed by atoms with Crippen LogP contribution in [0.2, 0.25) is 0 Å². The van der Waals surface area contributed by atoms with Crippen LogP contribution in [0.1, 0.15) is 42.7 Å². The molecule has 2 N–H and O–H groups in total. The lowest BCUT2D eigenvalue weighted by Gasteiger charge is -2.27. The molecular weight excluding hydrogens is 530 g/mol. The van der Waals surface area contributed by atoms with E-state index in [0.29, 0.717) is 29.7 Å². The number of thiophene rings is 1. The molecule has 0 spiro atoms. The molecule has 10 heteroatoms. The lowest BCUT2D eigenvalue weighted by molar-refractivity contribution is -0.128. The van der Waals surface area contributed by atoms with Crippen LogP contribution in [0.4, 0.5) is 11.4 Å². The molecule has 1 aromatic heterocycles. The van der Waals surface area contributed by atoms with Gasteiger partial charge in [-0.15, -0.1) is 11.3 Å². The van der Waals surface area contributed by atoms with Crippen LogP contribution in [0, 0.1) is 0 Å². The van der Waals surface area contributed by atoms with E-state index >= 15 is 0 Å². The minimum absolute atomic E-state index is 0.0598. The molecule has 0 radical (unpaired) electrons. The van der Waals surface area contributed by atoms with Gasteiger partial charge in [0.2, 0.25) is 11.8 Å². The second kappa shape index (κ2) is 12.0. The molecule has 0 bridgehead atoms. The summed E-state index contributed by atoms with van der Waals surface area (Å²) in [5, 5.41) is 7.72. The molecular formula is C29H29N5O3S2. The first kappa shape index (κ1) is 26.8. The summed E-state index contributed by atoms with van der Waals surface area (Å²) < 4.78 is 0. The molecule has 200 valence electrons. The Balaban J connectivity index is 1.33. The molecule has 0 unspecified atom stereocenters. The van der Waals surface area contributed by atoms with Crippen LogP contribution in [-0.4, -0.2) is 44.9 Å². The Morgan fingerprint density at radius 3 is 2.59 bits per heavy atom. The fraction of sp³-hybridized carbons (Fsp3) is 0.276. The molecule has 39 heavy (non-hydrogen) atoms. The molecule has 0 saturated carbocycles. The average Bonchev–Trinajstić information content (AvgIpc) is 3.59. The number of rotatable bonds is 9. The molecule has 2 atom stereocenters. The van der Waals surface area contributed by atoms with Crippen molar-refractivity contribution >= 4 is 63.2 Å². The van der Waals surface area contributed by atoms with Crippen molar-refractivity contribution in [3.05, 3.63) is 82.0 Å². The minimum atomic E-state index is -0.855. The van der Waals surface area contributed by atoms with E-state index in [1.165, 1.54) is 22.2 Å². The van der Waals surface area contributed by atoms with Gasteiger partial charge in [0.1, 0.15) is 11.9 Å². The number of hydrogen-bond acceptors (Lipinski definition) is 7. The van der Waals surface area contributed by atoms with Gasteiger partial charge in [-0.25, -0.2) is 9.89 Å². The maximum Gasteiger partial charge on any atom is 0.259 e. The summed E-state index contributed by atoms with van der Waals surface area (Å²) in [6, 6.07) is 18.3. The number of nitrogens with one attached hydrogen (secondary N) is 2. The Bertz CT molecular complexity index is 1430. The van der Waals surface area contributed by atoms with Gasteiger partial charge in [0.25, 0.3) is 5.91 Å². The predicted octanol–water partition coefficient (Wildman–Crippen LogP) is 5.13. The third-order valence-electron chi connectivity index (χ3n) is 6.51. The van der Waals surface area contributed by atoms with Crippen LogP contribution >= 0.6 is 23.1 Å². The quantitative estimate of drug-likeness (QED) is 0.380. The molecule has 0 saturated heterocycles. The Hall–Kier alpha value is -3.76. The van der Waals surface area contributed by atoms with Crippen molar-refractivity contribution in [1.82, 2.24) is 10.2 Å². The zero-order valence-corrected chi connectivity index (χ0v) is 23.3. The monoisotopic (exact) mass is 559 g/mol. The third kappa shape index (κ3) is 5.97. The second-order valence-corrected chi connectivity index (χ2v) is 11.4. The summed E-state index contributed by atoms with van der Waals surface area (Å²) in [6.45, 7) is 4.42. The van der Waals surface area contributed by atoms with E-state index in [1.807, 2.05) is 73.0 Å². The number of benzene rings is 2. The highest BCUT2D eigenvalue weighted by atomic mass is 32.2. The van der Waals surface area contributed by atoms with E-state index in [0.717, 1.165) is 22.5 Å². The number of thioether (sulfide) groups is 1. The van der Waals surface area contributed by atoms with Gasteiger partial charge in [-0.1, -0.05) is 55.9 Å². The van der Waals surface area contributed by atoms with Gasteiger partial charge in [0, 0.05) is 16.1 Å². The number of carbonyl (C=O) groups excluding carboxylic acids is 3. The number of nitrogens with zero attached hydrogens (tertiary/aromatic N) is 3. The highest BCUT2D eigenvalue weighted by Crippen LogP contribution is 2.36. The first-order valence-electron chi connectivity index (χ1n) is 12.9. The maximum absolute atomic E-state index is 13.6.